The lowest BCUT2D eigenvalue weighted by Crippen LogP contribution is -2.23. The van der Waals surface area contributed by atoms with Gasteiger partial charge in [-0.1, -0.05) is 29.5 Å². The van der Waals surface area contributed by atoms with Crippen LogP contribution in [0.25, 0.3) is 0 Å². The third-order valence-corrected chi connectivity index (χ3v) is 5.36. The molecule has 6 nitrogen and oxygen atoms in total. The highest BCUT2D eigenvalue weighted by atomic mass is 32.2. The van der Waals surface area contributed by atoms with Crippen LogP contribution in [0.4, 0.5) is 5.69 Å². The number of ether oxygens (including phenoxy) is 1. The van der Waals surface area contributed by atoms with Crippen LogP contribution in [0, 0.1) is 13.8 Å². The Morgan fingerprint density at radius 2 is 2.12 bits per heavy atom. The smallest absolute Gasteiger partial charge is 0.237 e. The molecule has 1 saturated heterocycles. The number of carbonyl (C=O) groups is 1. The molecule has 7 heteroatoms. The number of aromatic nitrogens is 3. The quantitative estimate of drug-likeness (QED) is 0.801. The van der Waals surface area contributed by atoms with E-state index in [1.54, 1.807) is 0 Å². The molecule has 0 radical (unpaired) electrons. The molecule has 1 N–H and O–H groups in total. The molecule has 1 aliphatic heterocycles. The highest BCUT2D eigenvalue weighted by Crippen LogP contribution is 2.25. The fraction of sp³-hybridized carbons (Fsp3) is 0.500. The Morgan fingerprint density at radius 3 is 2.80 bits per heavy atom. The van der Waals surface area contributed by atoms with E-state index in [4.69, 9.17) is 4.74 Å². The van der Waals surface area contributed by atoms with E-state index in [0.29, 0.717) is 0 Å². The predicted octanol–water partition coefficient (Wildman–Crippen LogP) is 3.19. The zero-order valence-electron chi connectivity index (χ0n) is 14.9. The molecular formula is C18H24N4O2S. The summed E-state index contributed by atoms with van der Waals surface area (Å²) in [7, 11) is 0. The first kappa shape index (κ1) is 17.9. The number of nitrogens with zero attached hydrogens (tertiary/aromatic N) is 3. The number of hydrogen-bond acceptors (Lipinski definition) is 5. The van der Waals surface area contributed by atoms with Crippen LogP contribution in [0.5, 0.6) is 0 Å². The predicted molar refractivity (Wildman–Crippen MR) is 98.9 cm³/mol. The topological polar surface area (TPSA) is 69.0 Å². The van der Waals surface area contributed by atoms with Crippen molar-refractivity contribution in [3.63, 3.8) is 0 Å². The average molecular weight is 360 g/mol. The van der Waals surface area contributed by atoms with Crippen LogP contribution in [-0.2, 0) is 16.1 Å². The summed E-state index contributed by atoms with van der Waals surface area (Å²) in [4.78, 5) is 12.5. The van der Waals surface area contributed by atoms with E-state index >= 15 is 0 Å². The van der Waals surface area contributed by atoms with Crippen LogP contribution in [0.2, 0.25) is 0 Å². The monoisotopic (exact) mass is 360 g/mol. The molecule has 1 aromatic carbocycles. The van der Waals surface area contributed by atoms with E-state index in [9.17, 15) is 4.79 Å². The molecule has 1 aliphatic rings. The van der Waals surface area contributed by atoms with Crippen LogP contribution >= 0.6 is 11.8 Å². The molecule has 2 aromatic rings. The summed E-state index contributed by atoms with van der Waals surface area (Å²) in [6, 6.07) is 7.79. The molecule has 1 fully saturated rings. The van der Waals surface area contributed by atoms with Gasteiger partial charge in [-0.05, 0) is 45.7 Å². The van der Waals surface area contributed by atoms with Crippen LogP contribution in [0.3, 0.4) is 0 Å². The largest absolute Gasteiger partial charge is 0.376 e. The van der Waals surface area contributed by atoms with Gasteiger partial charge in [0.25, 0.3) is 0 Å². The van der Waals surface area contributed by atoms with Crippen molar-refractivity contribution in [1.82, 2.24) is 14.8 Å². The van der Waals surface area contributed by atoms with Crippen molar-refractivity contribution < 1.29 is 9.53 Å². The molecule has 1 aromatic heterocycles. The van der Waals surface area contributed by atoms with E-state index in [1.165, 1.54) is 11.8 Å². The third kappa shape index (κ3) is 4.61. The summed E-state index contributed by atoms with van der Waals surface area (Å²) in [5.74, 6) is 0.808. The van der Waals surface area contributed by atoms with Gasteiger partial charge in [0.1, 0.15) is 5.82 Å². The Labute approximate surface area is 152 Å². The van der Waals surface area contributed by atoms with Crippen LogP contribution in [0.1, 0.15) is 31.2 Å². The van der Waals surface area contributed by atoms with Crippen LogP contribution in [-0.4, -0.2) is 38.6 Å². The van der Waals surface area contributed by atoms with Crippen LogP contribution < -0.4 is 5.32 Å². The fourth-order valence-corrected chi connectivity index (χ4v) is 3.65. The zero-order chi connectivity index (χ0) is 17.8. The van der Waals surface area contributed by atoms with E-state index in [2.05, 4.69) is 20.1 Å². The number of aryl methyl sites for hydroxylation is 2. The lowest BCUT2D eigenvalue weighted by Gasteiger charge is -2.15. The summed E-state index contributed by atoms with van der Waals surface area (Å²) in [6.07, 6.45) is 2.38. The molecule has 2 atom stereocenters. The van der Waals surface area contributed by atoms with Crippen molar-refractivity contribution in [3.8, 4) is 0 Å². The molecule has 25 heavy (non-hydrogen) atoms. The van der Waals surface area contributed by atoms with Gasteiger partial charge in [-0.2, -0.15) is 0 Å². The zero-order valence-corrected chi connectivity index (χ0v) is 15.7. The first-order chi connectivity index (χ1) is 12.0. The van der Waals surface area contributed by atoms with Gasteiger partial charge in [-0.15, -0.1) is 10.2 Å². The Balaban J connectivity index is 1.62. The lowest BCUT2D eigenvalue weighted by atomic mass is 10.2. The van der Waals surface area contributed by atoms with Gasteiger partial charge < -0.3 is 14.6 Å². The Bertz CT molecular complexity index is 723. The molecule has 3 rings (SSSR count). The van der Waals surface area contributed by atoms with E-state index in [0.717, 1.165) is 48.2 Å². The minimum atomic E-state index is -0.270. The highest BCUT2D eigenvalue weighted by Gasteiger charge is 2.22. The minimum absolute atomic E-state index is 0.0434. The second kappa shape index (κ2) is 8.01. The van der Waals surface area contributed by atoms with Gasteiger partial charge >= 0.3 is 0 Å². The minimum Gasteiger partial charge on any atom is -0.376 e. The van der Waals surface area contributed by atoms with Gasteiger partial charge in [0.05, 0.1) is 17.9 Å². The van der Waals surface area contributed by atoms with Crippen molar-refractivity contribution in [1.29, 1.82) is 0 Å². The fourth-order valence-electron chi connectivity index (χ4n) is 2.74. The number of amides is 1. The number of anilines is 1. The number of rotatable bonds is 6. The maximum atomic E-state index is 12.5. The highest BCUT2D eigenvalue weighted by molar-refractivity contribution is 8.00. The van der Waals surface area contributed by atoms with E-state index in [-0.39, 0.29) is 17.3 Å². The summed E-state index contributed by atoms with van der Waals surface area (Å²) < 4.78 is 7.76. The number of carbonyl (C=O) groups excluding carboxylic acids is 1. The summed E-state index contributed by atoms with van der Waals surface area (Å²) in [5.41, 5.74) is 1.97. The SMILES string of the molecule is Cc1ccc(NC(=O)[C@@H](C)Sc2nnc(C)n2C[C@@H]2CCCO2)cc1. The normalized spacial score (nSPS) is 18.3. The van der Waals surface area contributed by atoms with Crippen molar-refractivity contribution in [2.75, 3.05) is 11.9 Å². The average Bonchev–Trinajstić information content (AvgIpc) is 3.22. The first-order valence-corrected chi connectivity index (χ1v) is 9.46. The van der Waals surface area contributed by atoms with Crippen LogP contribution in [0.15, 0.2) is 29.4 Å². The maximum absolute atomic E-state index is 12.5. The summed E-state index contributed by atoms with van der Waals surface area (Å²) in [6.45, 7) is 7.40. The summed E-state index contributed by atoms with van der Waals surface area (Å²) >= 11 is 1.43. The molecule has 0 saturated carbocycles. The molecule has 0 bridgehead atoms. The van der Waals surface area contributed by atoms with Crippen molar-refractivity contribution in [2.45, 2.75) is 56.7 Å². The standard InChI is InChI=1S/C18H24N4O2S/c1-12-6-8-15(9-7-12)19-17(23)13(2)25-18-21-20-14(3)22(18)11-16-5-4-10-24-16/h6-9,13,16H,4-5,10-11H2,1-3H3,(H,19,23)/t13-,16+/m1/s1. The molecule has 0 unspecified atom stereocenters. The van der Waals surface area contributed by atoms with Gasteiger partial charge in [-0.25, -0.2) is 0 Å². The molecule has 2 heterocycles. The van der Waals surface area contributed by atoms with Crippen molar-refractivity contribution in [3.05, 3.63) is 35.7 Å². The summed E-state index contributed by atoms with van der Waals surface area (Å²) in [5, 5.41) is 11.8. The Hall–Kier alpha value is -1.86. The number of hydrogen-bond donors (Lipinski definition) is 1. The maximum Gasteiger partial charge on any atom is 0.237 e. The molecular weight excluding hydrogens is 336 g/mol. The Kier molecular flexibility index (Phi) is 5.75. The first-order valence-electron chi connectivity index (χ1n) is 8.58. The second-order valence-corrected chi connectivity index (χ2v) is 7.70. The number of thioether (sulfide) groups is 1. The van der Waals surface area contributed by atoms with E-state index < -0.39 is 0 Å². The van der Waals surface area contributed by atoms with Gasteiger partial charge in [-0.3, -0.25) is 4.79 Å². The van der Waals surface area contributed by atoms with E-state index in [1.807, 2.05) is 45.0 Å². The van der Waals surface area contributed by atoms with Crippen molar-refractivity contribution >= 4 is 23.4 Å². The van der Waals surface area contributed by atoms with Gasteiger partial charge in [0, 0.05) is 12.3 Å². The second-order valence-electron chi connectivity index (χ2n) is 6.39. The molecule has 1 amide bonds. The van der Waals surface area contributed by atoms with Gasteiger partial charge in [0.2, 0.25) is 5.91 Å². The van der Waals surface area contributed by atoms with Gasteiger partial charge in [0.15, 0.2) is 5.16 Å². The lowest BCUT2D eigenvalue weighted by molar-refractivity contribution is -0.115. The number of nitrogens with one attached hydrogen (secondary N) is 1. The third-order valence-electron chi connectivity index (χ3n) is 4.28. The Morgan fingerprint density at radius 1 is 1.36 bits per heavy atom. The number of benzene rings is 1. The molecule has 134 valence electrons. The molecule has 0 spiro atoms. The molecule has 0 aliphatic carbocycles. The van der Waals surface area contributed by atoms with Crippen molar-refractivity contribution in [2.24, 2.45) is 0 Å².